The molecule has 2 aromatic heterocycles. The molecule has 128 valence electrons. The number of amides is 1. The second kappa shape index (κ2) is 7.42. The van der Waals surface area contributed by atoms with Crippen molar-refractivity contribution < 1.29 is 9.53 Å². The molecule has 0 fully saturated rings. The molecule has 2 aromatic carbocycles. The Hall–Kier alpha value is -3.10. The molecule has 1 N–H and O–H groups in total. The van der Waals surface area contributed by atoms with Gasteiger partial charge in [0.25, 0.3) is 11.1 Å². The number of thiazole rings is 1. The first kappa shape index (κ1) is 16.4. The van der Waals surface area contributed by atoms with E-state index < -0.39 is 0 Å². The van der Waals surface area contributed by atoms with Crippen LogP contribution >= 0.6 is 22.9 Å². The number of benzene rings is 2. The molecule has 0 aliphatic heterocycles. The molecular formula is C18H12N4O2S2. The predicted molar refractivity (Wildman–Crippen MR) is 102 cm³/mol. The predicted octanol–water partition coefficient (Wildman–Crippen LogP) is 4.71. The Kier molecular flexibility index (Phi) is 4.67. The lowest BCUT2D eigenvalue weighted by Gasteiger charge is -2.04. The van der Waals surface area contributed by atoms with Crippen molar-refractivity contribution in [3.8, 4) is 21.5 Å². The maximum absolute atomic E-state index is 12.4. The standard InChI is InChI=1S/C18H12N4O2S2/c23-15(12-6-8-14(9-7-12)24-18-19-10-11-25-18)20-17-21-16(26-22-17)13-4-2-1-3-5-13/h1-11H,(H,20,22,23). The molecule has 6 nitrogen and oxygen atoms in total. The second-order valence-electron chi connectivity index (χ2n) is 5.17. The van der Waals surface area contributed by atoms with Crippen molar-refractivity contribution in [2.75, 3.05) is 5.32 Å². The number of carbonyl (C=O) groups excluding carboxylic acids is 1. The number of carbonyl (C=O) groups is 1. The van der Waals surface area contributed by atoms with Crippen LogP contribution in [0.1, 0.15) is 10.4 Å². The third-order valence-corrected chi connectivity index (χ3v) is 4.82. The first-order valence-corrected chi connectivity index (χ1v) is 9.31. The van der Waals surface area contributed by atoms with Crippen LogP contribution in [0.15, 0.2) is 66.2 Å². The molecule has 8 heteroatoms. The van der Waals surface area contributed by atoms with Gasteiger partial charge in [-0.2, -0.15) is 9.36 Å². The summed E-state index contributed by atoms with van der Waals surface area (Å²) >= 11 is 2.65. The van der Waals surface area contributed by atoms with Crippen LogP contribution in [-0.2, 0) is 0 Å². The summed E-state index contributed by atoms with van der Waals surface area (Å²) in [5.74, 6) is 0.639. The third-order valence-electron chi connectivity index (χ3n) is 3.40. The Balaban J connectivity index is 1.42. The van der Waals surface area contributed by atoms with E-state index in [9.17, 15) is 4.79 Å². The van der Waals surface area contributed by atoms with Gasteiger partial charge in [0.2, 0.25) is 5.95 Å². The van der Waals surface area contributed by atoms with E-state index in [-0.39, 0.29) is 5.91 Å². The molecule has 0 spiro atoms. The smallest absolute Gasteiger partial charge is 0.278 e. The zero-order chi connectivity index (χ0) is 17.8. The van der Waals surface area contributed by atoms with Crippen LogP contribution in [0.5, 0.6) is 10.9 Å². The van der Waals surface area contributed by atoms with Crippen molar-refractivity contribution in [3.05, 3.63) is 71.7 Å². The Bertz CT molecular complexity index is 999. The summed E-state index contributed by atoms with van der Waals surface area (Å²) in [5, 5.41) is 5.86. The zero-order valence-electron chi connectivity index (χ0n) is 13.3. The Morgan fingerprint density at radius 1 is 1.04 bits per heavy atom. The highest BCUT2D eigenvalue weighted by atomic mass is 32.1. The fourth-order valence-electron chi connectivity index (χ4n) is 2.18. The molecule has 0 aliphatic carbocycles. The van der Waals surface area contributed by atoms with E-state index in [0.717, 1.165) is 10.6 Å². The molecule has 1 amide bonds. The summed E-state index contributed by atoms with van der Waals surface area (Å²) in [6.45, 7) is 0. The van der Waals surface area contributed by atoms with Gasteiger partial charge in [-0.25, -0.2) is 4.98 Å². The highest BCUT2D eigenvalue weighted by molar-refractivity contribution is 7.11. The summed E-state index contributed by atoms with van der Waals surface area (Å²) in [7, 11) is 0. The number of anilines is 1. The third kappa shape index (κ3) is 3.76. The number of nitrogens with one attached hydrogen (secondary N) is 1. The molecular weight excluding hydrogens is 368 g/mol. The van der Waals surface area contributed by atoms with Gasteiger partial charge >= 0.3 is 0 Å². The minimum absolute atomic E-state index is 0.275. The van der Waals surface area contributed by atoms with Crippen LogP contribution in [0, 0.1) is 0 Å². The van der Waals surface area contributed by atoms with Crippen molar-refractivity contribution in [1.82, 2.24) is 14.3 Å². The maximum Gasteiger partial charge on any atom is 0.278 e. The summed E-state index contributed by atoms with van der Waals surface area (Å²) in [6, 6.07) is 16.5. The summed E-state index contributed by atoms with van der Waals surface area (Å²) < 4.78 is 9.77. The quantitative estimate of drug-likeness (QED) is 0.543. The number of rotatable bonds is 5. The van der Waals surface area contributed by atoms with Crippen molar-refractivity contribution in [2.45, 2.75) is 0 Å². The second-order valence-corrected chi connectivity index (χ2v) is 6.78. The average molecular weight is 380 g/mol. The molecule has 4 rings (SSSR count). The molecule has 0 bridgehead atoms. The van der Waals surface area contributed by atoms with Gasteiger partial charge in [0, 0.05) is 22.7 Å². The molecule has 0 saturated heterocycles. The van der Waals surface area contributed by atoms with Gasteiger partial charge in [0.15, 0.2) is 0 Å². The van der Waals surface area contributed by atoms with Crippen LogP contribution in [0.25, 0.3) is 10.6 Å². The lowest BCUT2D eigenvalue weighted by Crippen LogP contribution is -2.12. The van der Waals surface area contributed by atoms with Crippen molar-refractivity contribution >= 4 is 34.7 Å². The topological polar surface area (TPSA) is 77.0 Å². The highest BCUT2D eigenvalue weighted by Gasteiger charge is 2.11. The Morgan fingerprint density at radius 3 is 2.58 bits per heavy atom. The normalized spacial score (nSPS) is 10.5. The molecule has 0 radical (unpaired) electrons. The fraction of sp³-hybridized carbons (Fsp3) is 0. The molecule has 0 atom stereocenters. The van der Waals surface area contributed by atoms with Crippen molar-refractivity contribution in [3.63, 3.8) is 0 Å². The highest BCUT2D eigenvalue weighted by Crippen LogP contribution is 2.24. The van der Waals surface area contributed by atoms with Gasteiger partial charge in [0.1, 0.15) is 10.8 Å². The van der Waals surface area contributed by atoms with E-state index in [0.29, 0.717) is 22.5 Å². The largest absolute Gasteiger partial charge is 0.431 e. The van der Waals surface area contributed by atoms with Crippen molar-refractivity contribution in [1.29, 1.82) is 0 Å². The molecule has 4 aromatic rings. The van der Waals surface area contributed by atoms with Gasteiger partial charge < -0.3 is 4.74 Å². The number of ether oxygens (including phenoxy) is 1. The first-order valence-electron chi connectivity index (χ1n) is 7.66. The maximum atomic E-state index is 12.4. The van der Waals surface area contributed by atoms with Crippen LogP contribution in [-0.4, -0.2) is 20.2 Å². The van der Waals surface area contributed by atoms with Crippen molar-refractivity contribution in [2.24, 2.45) is 0 Å². The van der Waals surface area contributed by atoms with Crippen LogP contribution in [0.4, 0.5) is 5.95 Å². The zero-order valence-corrected chi connectivity index (χ0v) is 15.0. The molecule has 0 saturated carbocycles. The van der Waals surface area contributed by atoms with Gasteiger partial charge in [-0.15, -0.1) is 0 Å². The van der Waals surface area contributed by atoms with E-state index in [1.54, 1.807) is 30.5 Å². The van der Waals surface area contributed by atoms with E-state index in [1.807, 2.05) is 35.7 Å². The Labute approximate surface area is 157 Å². The average Bonchev–Trinajstić information content (AvgIpc) is 3.35. The van der Waals surface area contributed by atoms with E-state index in [2.05, 4.69) is 19.7 Å². The minimum atomic E-state index is -0.275. The lowest BCUT2D eigenvalue weighted by atomic mass is 10.2. The van der Waals surface area contributed by atoms with Crippen LogP contribution in [0.3, 0.4) is 0 Å². The molecule has 2 heterocycles. The number of hydrogen-bond donors (Lipinski definition) is 1. The number of hydrogen-bond acceptors (Lipinski definition) is 7. The van der Waals surface area contributed by atoms with Gasteiger partial charge in [0.05, 0.1) is 0 Å². The SMILES string of the molecule is O=C(Nc1nsc(-c2ccccc2)n1)c1ccc(Oc2nccs2)cc1. The molecule has 0 aliphatic rings. The lowest BCUT2D eigenvalue weighted by molar-refractivity contribution is 0.102. The van der Waals surface area contributed by atoms with E-state index in [1.165, 1.54) is 22.9 Å². The van der Waals surface area contributed by atoms with Crippen LogP contribution in [0.2, 0.25) is 0 Å². The Morgan fingerprint density at radius 2 is 1.85 bits per heavy atom. The minimum Gasteiger partial charge on any atom is -0.431 e. The summed E-state index contributed by atoms with van der Waals surface area (Å²) in [6.07, 6.45) is 1.67. The van der Waals surface area contributed by atoms with Gasteiger partial charge in [-0.05, 0) is 35.8 Å². The van der Waals surface area contributed by atoms with Gasteiger partial charge in [-0.1, -0.05) is 41.7 Å². The molecule has 0 unspecified atom stereocenters. The number of nitrogens with zero attached hydrogens (tertiary/aromatic N) is 3. The summed E-state index contributed by atoms with van der Waals surface area (Å²) in [4.78, 5) is 20.8. The monoisotopic (exact) mass is 380 g/mol. The first-order chi connectivity index (χ1) is 12.8. The van der Waals surface area contributed by atoms with E-state index >= 15 is 0 Å². The number of aromatic nitrogens is 3. The summed E-state index contributed by atoms with van der Waals surface area (Å²) in [5.41, 5.74) is 1.46. The van der Waals surface area contributed by atoms with Gasteiger partial charge in [-0.3, -0.25) is 10.1 Å². The van der Waals surface area contributed by atoms with Crippen LogP contribution < -0.4 is 10.1 Å². The molecule has 26 heavy (non-hydrogen) atoms. The fourth-order valence-corrected chi connectivity index (χ4v) is 3.31. The van der Waals surface area contributed by atoms with E-state index in [4.69, 9.17) is 4.74 Å².